The Balaban J connectivity index is 1.37. The monoisotopic (exact) mass is 570 g/mol. The molecule has 0 spiro atoms. The number of likely N-dealkylation sites (tertiary alicyclic amines) is 1. The zero-order valence-corrected chi connectivity index (χ0v) is 23.9. The predicted molar refractivity (Wildman–Crippen MR) is 160 cm³/mol. The summed E-state index contributed by atoms with van der Waals surface area (Å²) >= 11 is 0. The molecule has 8 heteroatoms. The van der Waals surface area contributed by atoms with E-state index in [0.29, 0.717) is 43.0 Å². The SMILES string of the molecule is O=C(NC(Cc1ccccc1)C(=O)[N+]1(C(O)C(=O)NC2CCCCC2)CCCC1)c1cccc(Oc2ccccc2)c1. The van der Waals surface area contributed by atoms with E-state index >= 15 is 0 Å². The third kappa shape index (κ3) is 7.06. The molecular weight excluding hydrogens is 530 g/mol. The van der Waals surface area contributed by atoms with E-state index in [0.717, 1.165) is 37.7 Å². The minimum absolute atomic E-state index is 0.0175. The summed E-state index contributed by atoms with van der Waals surface area (Å²) in [6.07, 6.45) is 5.14. The molecular formula is C34H40N3O5+. The third-order valence-corrected chi connectivity index (χ3v) is 8.42. The molecule has 2 fully saturated rings. The largest absolute Gasteiger partial charge is 0.457 e. The van der Waals surface area contributed by atoms with Crippen molar-refractivity contribution in [2.45, 2.75) is 69.7 Å². The average molecular weight is 571 g/mol. The van der Waals surface area contributed by atoms with Gasteiger partial charge in [0.25, 0.3) is 12.1 Å². The number of para-hydroxylation sites is 1. The zero-order chi connectivity index (χ0) is 29.4. The van der Waals surface area contributed by atoms with Crippen LogP contribution in [0.1, 0.15) is 60.9 Å². The van der Waals surface area contributed by atoms with Crippen LogP contribution in [-0.2, 0) is 16.0 Å². The van der Waals surface area contributed by atoms with Gasteiger partial charge in [0, 0.05) is 30.9 Å². The van der Waals surface area contributed by atoms with Crippen LogP contribution in [0, 0.1) is 0 Å². The highest BCUT2D eigenvalue weighted by molar-refractivity contribution is 5.97. The van der Waals surface area contributed by atoms with Gasteiger partial charge >= 0.3 is 11.8 Å². The van der Waals surface area contributed by atoms with E-state index in [2.05, 4.69) is 10.6 Å². The molecule has 1 saturated carbocycles. The molecule has 0 radical (unpaired) electrons. The molecule has 2 aliphatic rings. The molecule has 0 aromatic heterocycles. The molecule has 2 atom stereocenters. The Hall–Kier alpha value is -4.01. The summed E-state index contributed by atoms with van der Waals surface area (Å²) in [5.41, 5.74) is 1.22. The van der Waals surface area contributed by atoms with E-state index in [-0.39, 0.29) is 22.9 Å². The topological polar surface area (TPSA) is 105 Å². The minimum atomic E-state index is -1.53. The molecule has 2 unspecified atom stereocenters. The summed E-state index contributed by atoms with van der Waals surface area (Å²) in [6.45, 7) is 0.694. The molecule has 8 nitrogen and oxygen atoms in total. The second kappa shape index (κ2) is 13.8. The third-order valence-electron chi connectivity index (χ3n) is 8.42. The Morgan fingerprint density at radius 3 is 2.14 bits per heavy atom. The van der Waals surface area contributed by atoms with Crippen LogP contribution in [0.4, 0.5) is 0 Å². The van der Waals surface area contributed by atoms with Crippen LogP contribution in [0.25, 0.3) is 0 Å². The summed E-state index contributed by atoms with van der Waals surface area (Å²) in [5.74, 6) is -0.146. The van der Waals surface area contributed by atoms with Crippen molar-refractivity contribution in [1.82, 2.24) is 10.6 Å². The number of aliphatic hydroxyl groups excluding tert-OH is 1. The smallest absolute Gasteiger partial charge is 0.339 e. The Labute approximate surface area is 247 Å². The van der Waals surface area contributed by atoms with Gasteiger partial charge in [0.2, 0.25) is 0 Å². The lowest BCUT2D eigenvalue weighted by atomic mass is 9.95. The maximum Gasteiger partial charge on any atom is 0.339 e. The number of hydrogen-bond donors (Lipinski definition) is 3. The number of aliphatic hydroxyl groups is 1. The predicted octanol–water partition coefficient (Wildman–Crippen LogP) is 4.72. The fraction of sp³-hybridized carbons (Fsp3) is 0.382. The number of rotatable bonds is 10. The zero-order valence-electron chi connectivity index (χ0n) is 23.9. The first-order valence-corrected chi connectivity index (χ1v) is 15.0. The molecule has 220 valence electrons. The van der Waals surface area contributed by atoms with Crippen LogP contribution in [0.5, 0.6) is 11.5 Å². The van der Waals surface area contributed by atoms with Gasteiger partial charge in [0.15, 0.2) is 0 Å². The molecule has 3 aromatic carbocycles. The summed E-state index contributed by atoms with van der Waals surface area (Å²) in [5, 5.41) is 17.4. The van der Waals surface area contributed by atoms with Crippen LogP contribution in [0.2, 0.25) is 0 Å². The maximum atomic E-state index is 14.4. The fourth-order valence-corrected chi connectivity index (χ4v) is 6.16. The van der Waals surface area contributed by atoms with Gasteiger partial charge < -0.3 is 20.5 Å². The van der Waals surface area contributed by atoms with Crippen molar-refractivity contribution in [1.29, 1.82) is 0 Å². The normalized spacial score (nSPS) is 18.0. The van der Waals surface area contributed by atoms with E-state index < -0.39 is 24.1 Å². The highest BCUT2D eigenvalue weighted by Gasteiger charge is 2.52. The Morgan fingerprint density at radius 1 is 0.810 bits per heavy atom. The number of carbonyl (C=O) groups excluding carboxylic acids is 3. The summed E-state index contributed by atoms with van der Waals surface area (Å²) in [6, 6.07) is 24.6. The number of ether oxygens (including phenoxy) is 1. The molecule has 1 saturated heterocycles. The van der Waals surface area contributed by atoms with Crippen molar-refractivity contribution in [3.63, 3.8) is 0 Å². The molecule has 0 bridgehead atoms. The van der Waals surface area contributed by atoms with Gasteiger partial charge in [-0.3, -0.25) is 9.59 Å². The van der Waals surface area contributed by atoms with Crippen molar-refractivity contribution in [3.05, 3.63) is 96.1 Å². The number of amides is 3. The van der Waals surface area contributed by atoms with Crippen LogP contribution < -0.4 is 15.4 Å². The lowest BCUT2D eigenvalue weighted by Gasteiger charge is -2.38. The highest BCUT2D eigenvalue weighted by atomic mass is 16.5. The molecule has 5 rings (SSSR count). The first-order chi connectivity index (χ1) is 20.4. The van der Waals surface area contributed by atoms with E-state index in [1.165, 1.54) is 0 Å². The van der Waals surface area contributed by atoms with Crippen LogP contribution in [0.3, 0.4) is 0 Å². The second-order valence-electron chi connectivity index (χ2n) is 11.4. The van der Waals surface area contributed by atoms with Crippen molar-refractivity contribution in [3.8, 4) is 11.5 Å². The molecule has 3 N–H and O–H groups in total. The number of carbonyl (C=O) groups is 3. The fourth-order valence-electron chi connectivity index (χ4n) is 6.16. The Bertz CT molecular complexity index is 1350. The molecule has 1 aliphatic heterocycles. The van der Waals surface area contributed by atoms with Crippen LogP contribution in [0.15, 0.2) is 84.9 Å². The van der Waals surface area contributed by atoms with Crippen LogP contribution in [-0.4, -0.2) is 58.7 Å². The highest BCUT2D eigenvalue weighted by Crippen LogP contribution is 2.27. The molecule has 3 aromatic rings. The number of nitrogens with zero attached hydrogens (tertiary/aromatic N) is 1. The maximum absolute atomic E-state index is 14.4. The molecule has 1 aliphatic carbocycles. The van der Waals surface area contributed by atoms with Gasteiger partial charge in [-0.25, -0.2) is 9.28 Å². The van der Waals surface area contributed by atoms with Crippen molar-refractivity contribution in [2.75, 3.05) is 13.1 Å². The van der Waals surface area contributed by atoms with E-state index in [4.69, 9.17) is 4.74 Å². The number of nitrogens with one attached hydrogen (secondary N) is 2. The quantitative estimate of drug-likeness (QED) is 0.306. The molecule has 42 heavy (non-hydrogen) atoms. The first-order valence-electron chi connectivity index (χ1n) is 15.0. The lowest BCUT2D eigenvalue weighted by molar-refractivity contribution is -0.881. The lowest BCUT2D eigenvalue weighted by Crippen LogP contribution is -2.67. The Kier molecular flexibility index (Phi) is 9.66. The van der Waals surface area contributed by atoms with E-state index in [9.17, 15) is 19.5 Å². The van der Waals surface area contributed by atoms with Gasteiger partial charge in [0.1, 0.15) is 17.5 Å². The summed E-state index contributed by atoms with van der Waals surface area (Å²) in [7, 11) is 0. The van der Waals surface area contributed by atoms with Gasteiger partial charge in [-0.15, -0.1) is 0 Å². The summed E-state index contributed by atoms with van der Waals surface area (Å²) < 4.78 is 5.53. The van der Waals surface area contributed by atoms with Gasteiger partial charge in [0.05, 0.1) is 13.1 Å². The minimum Gasteiger partial charge on any atom is -0.457 e. The standard InChI is InChI=1S/C34H39N3O5/c38-31(26-15-12-20-29(24-26)42-28-18-8-3-9-19-28)36-30(23-25-13-4-1-5-14-25)33(40)37(21-10-11-22-37)34(41)32(39)35-27-16-6-2-7-17-27/h1,3-5,8-9,12-15,18-20,24,27,30,34,41H,2,6-7,10-11,16-17,21-23H2,(H-,35,36,38,39)/p+1. The van der Waals surface area contributed by atoms with Gasteiger partial charge in [-0.05, 0) is 48.7 Å². The number of hydrogen-bond acceptors (Lipinski definition) is 5. The summed E-state index contributed by atoms with van der Waals surface area (Å²) in [4.78, 5) is 41.2. The molecule has 3 amide bonds. The first kappa shape index (κ1) is 29.5. The van der Waals surface area contributed by atoms with E-state index in [1.807, 2.05) is 60.7 Å². The molecule has 1 heterocycles. The van der Waals surface area contributed by atoms with E-state index in [1.54, 1.807) is 24.3 Å². The van der Waals surface area contributed by atoms with Crippen molar-refractivity contribution in [2.24, 2.45) is 0 Å². The van der Waals surface area contributed by atoms with Gasteiger partial charge in [-0.1, -0.05) is 73.9 Å². The van der Waals surface area contributed by atoms with Gasteiger partial charge in [-0.2, -0.15) is 0 Å². The van der Waals surface area contributed by atoms with Crippen molar-refractivity contribution < 1.29 is 28.7 Å². The second-order valence-corrected chi connectivity index (χ2v) is 11.4. The number of benzene rings is 3. The average Bonchev–Trinajstić information content (AvgIpc) is 3.53. The van der Waals surface area contributed by atoms with Crippen molar-refractivity contribution >= 4 is 17.7 Å². The number of quaternary nitrogens is 1. The Morgan fingerprint density at radius 2 is 1.45 bits per heavy atom. The van der Waals surface area contributed by atoms with Crippen LogP contribution >= 0.6 is 0 Å².